The molecule has 0 saturated carbocycles. The first kappa shape index (κ1) is 13.6. The lowest BCUT2D eigenvalue weighted by atomic mass is 10.2. The van der Waals surface area contributed by atoms with Crippen molar-refractivity contribution >= 4 is 39.0 Å². The molecule has 1 N–H and O–H groups in total. The van der Waals surface area contributed by atoms with Crippen molar-refractivity contribution in [2.75, 3.05) is 18.1 Å². The highest BCUT2D eigenvalue weighted by atomic mass is 79.9. The molecule has 0 fully saturated rings. The van der Waals surface area contributed by atoms with Gasteiger partial charge in [0.05, 0.1) is 6.04 Å². The number of nitrogens with one attached hydrogen (secondary N) is 1. The Morgan fingerprint density at radius 2 is 2.33 bits per heavy atom. The van der Waals surface area contributed by atoms with Crippen molar-refractivity contribution in [2.45, 2.75) is 26.3 Å². The number of hydrogen-bond acceptors (Lipinski definition) is 3. The Hall–Kier alpha value is 0.490. The topological polar surface area (TPSA) is 12.0 Å². The molecule has 15 heavy (non-hydrogen) atoms. The number of thioether (sulfide) groups is 1. The maximum absolute atomic E-state index is 3.61. The van der Waals surface area contributed by atoms with Crippen LogP contribution in [0.3, 0.4) is 0 Å². The van der Waals surface area contributed by atoms with Gasteiger partial charge in [0.2, 0.25) is 0 Å². The van der Waals surface area contributed by atoms with Gasteiger partial charge in [-0.2, -0.15) is 11.8 Å². The molecule has 86 valence electrons. The molecule has 0 aliphatic heterocycles. The van der Waals surface area contributed by atoms with Crippen LogP contribution in [-0.4, -0.2) is 18.1 Å². The van der Waals surface area contributed by atoms with Gasteiger partial charge in [-0.1, -0.05) is 13.8 Å². The zero-order valence-electron chi connectivity index (χ0n) is 9.25. The molecule has 1 rings (SSSR count). The van der Waals surface area contributed by atoms with Crippen molar-refractivity contribution < 1.29 is 0 Å². The van der Waals surface area contributed by atoms with Gasteiger partial charge in [-0.25, -0.2) is 0 Å². The van der Waals surface area contributed by atoms with E-state index in [-0.39, 0.29) is 0 Å². The molecule has 4 heteroatoms. The smallest absolute Gasteiger partial charge is 0.0518 e. The van der Waals surface area contributed by atoms with E-state index >= 15 is 0 Å². The standard InChI is InChI=1S/C11H18BrNS2/c1-3-6-13-10(8-14-4-2)11-9(12)5-7-15-11/h5,7,10,13H,3-4,6,8H2,1-2H3. The number of halogens is 1. The average molecular weight is 308 g/mol. The third-order valence-electron chi connectivity index (χ3n) is 2.09. The van der Waals surface area contributed by atoms with Gasteiger partial charge in [-0.3, -0.25) is 0 Å². The number of hydrogen-bond donors (Lipinski definition) is 1. The zero-order valence-corrected chi connectivity index (χ0v) is 12.5. The fourth-order valence-electron chi connectivity index (χ4n) is 1.34. The number of rotatable bonds is 7. The van der Waals surface area contributed by atoms with Crippen LogP contribution in [0.1, 0.15) is 31.2 Å². The van der Waals surface area contributed by atoms with Gasteiger partial charge in [-0.05, 0) is 46.1 Å². The van der Waals surface area contributed by atoms with Crippen LogP contribution < -0.4 is 5.32 Å². The third-order valence-corrected chi connectivity index (χ3v) is 5.05. The molecule has 0 bridgehead atoms. The Kier molecular flexibility index (Phi) is 6.97. The van der Waals surface area contributed by atoms with Crippen LogP contribution in [0.15, 0.2) is 15.9 Å². The van der Waals surface area contributed by atoms with Gasteiger partial charge >= 0.3 is 0 Å². The summed E-state index contributed by atoms with van der Waals surface area (Å²) in [6, 6.07) is 2.64. The van der Waals surface area contributed by atoms with Gasteiger partial charge in [0.15, 0.2) is 0 Å². The predicted molar refractivity (Wildman–Crippen MR) is 76.1 cm³/mol. The fourth-order valence-corrected chi connectivity index (χ4v) is 3.92. The van der Waals surface area contributed by atoms with E-state index in [1.54, 1.807) is 0 Å². The molecule has 1 aromatic rings. The Bertz CT molecular complexity index is 267. The van der Waals surface area contributed by atoms with Crippen molar-refractivity contribution in [1.29, 1.82) is 0 Å². The molecule has 1 atom stereocenters. The molecule has 1 heterocycles. The van der Waals surface area contributed by atoms with Crippen LogP contribution in [0.2, 0.25) is 0 Å². The summed E-state index contributed by atoms with van der Waals surface area (Å²) in [6.07, 6.45) is 1.19. The van der Waals surface area contributed by atoms with E-state index in [0.29, 0.717) is 6.04 Å². The van der Waals surface area contributed by atoms with Crippen LogP contribution in [0.4, 0.5) is 0 Å². The molecule has 0 radical (unpaired) electrons. The lowest BCUT2D eigenvalue weighted by Crippen LogP contribution is -2.23. The van der Waals surface area contributed by atoms with E-state index in [1.165, 1.54) is 21.5 Å². The van der Waals surface area contributed by atoms with Gasteiger partial charge in [0.25, 0.3) is 0 Å². The molecule has 0 saturated heterocycles. The van der Waals surface area contributed by atoms with E-state index in [0.717, 1.165) is 12.3 Å². The summed E-state index contributed by atoms with van der Waals surface area (Å²) in [5.74, 6) is 2.35. The molecule has 0 aliphatic carbocycles. The monoisotopic (exact) mass is 307 g/mol. The van der Waals surface area contributed by atoms with E-state index in [1.807, 2.05) is 23.1 Å². The van der Waals surface area contributed by atoms with Gasteiger partial charge in [0, 0.05) is 15.1 Å². The second-order valence-corrected chi connectivity index (χ2v) is 6.42. The average Bonchev–Trinajstić information content (AvgIpc) is 2.65. The molecule has 0 aromatic carbocycles. The SMILES string of the molecule is CCCNC(CSCC)c1sccc1Br. The first-order chi connectivity index (χ1) is 7.29. The summed E-state index contributed by atoms with van der Waals surface area (Å²) in [5.41, 5.74) is 0. The molecule has 0 amide bonds. The first-order valence-corrected chi connectivity index (χ1v) is 8.16. The van der Waals surface area contributed by atoms with Crippen molar-refractivity contribution in [2.24, 2.45) is 0 Å². The minimum atomic E-state index is 0.504. The van der Waals surface area contributed by atoms with Crippen LogP contribution >= 0.6 is 39.0 Å². The van der Waals surface area contributed by atoms with E-state index in [4.69, 9.17) is 0 Å². The van der Waals surface area contributed by atoms with E-state index in [9.17, 15) is 0 Å². The summed E-state index contributed by atoms with van der Waals surface area (Å²) in [7, 11) is 0. The van der Waals surface area contributed by atoms with Crippen LogP contribution in [0, 0.1) is 0 Å². The van der Waals surface area contributed by atoms with Gasteiger partial charge in [0.1, 0.15) is 0 Å². The molecular weight excluding hydrogens is 290 g/mol. The van der Waals surface area contributed by atoms with E-state index < -0.39 is 0 Å². The largest absolute Gasteiger partial charge is 0.309 e. The highest BCUT2D eigenvalue weighted by molar-refractivity contribution is 9.10. The Morgan fingerprint density at radius 3 is 2.87 bits per heavy atom. The van der Waals surface area contributed by atoms with Gasteiger partial charge < -0.3 is 5.32 Å². The summed E-state index contributed by atoms with van der Waals surface area (Å²) in [4.78, 5) is 1.43. The van der Waals surface area contributed by atoms with Crippen LogP contribution in [0.5, 0.6) is 0 Å². The second kappa shape index (κ2) is 7.71. The minimum Gasteiger partial charge on any atom is -0.309 e. The Labute approximate surface area is 109 Å². The van der Waals surface area contributed by atoms with Crippen molar-refractivity contribution in [3.8, 4) is 0 Å². The van der Waals surface area contributed by atoms with Crippen LogP contribution in [-0.2, 0) is 0 Å². The molecule has 1 aromatic heterocycles. The summed E-state index contributed by atoms with van der Waals surface area (Å²) in [5, 5.41) is 5.76. The van der Waals surface area contributed by atoms with E-state index in [2.05, 4.69) is 46.5 Å². The maximum Gasteiger partial charge on any atom is 0.0518 e. The molecule has 1 nitrogen and oxygen atoms in total. The lowest BCUT2D eigenvalue weighted by Gasteiger charge is -2.17. The molecule has 0 spiro atoms. The quantitative estimate of drug-likeness (QED) is 0.806. The maximum atomic E-state index is 3.61. The Balaban J connectivity index is 2.58. The van der Waals surface area contributed by atoms with Crippen molar-refractivity contribution in [3.63, 3.8) is 0 Å². The normalized spacial score (nSPS) is 13.0. The minimum absolute atomic E-state index is 0.504. The summed E-state index contributed by atoms with van der Waals surface area (Å²) >= 11 is 7.44. The van der Waals surface area contributed by atoms with Crippen molar-refractivity contribution in [3.05, 3.63) is 20.8 Å². The molecular formula is C11H18BrNS2. The highest BCUT2D eigenvalue weighted by Gasteiger charge is 2.14. The zero-order chi connectivity index (χ0) is 11.1. The highest BCUT2D eigenvalue weighted by Crippen LogP contribution is 2.30. The second-order valence-electron chi connectivity index (χ2n) is 3.30. The molecule has 1 unspecified atom stereocenters. The summed E-state index contributed by atoms with van der Waals surface area (Å²) < 4.78 is 1.25. The molecule has 0 aliphatic rings. The number of thiophene rings is 1. The first-order valence-electron chi connectivity index (χ1n) is 5.33. The lowest BCUT2D eigenvalue weighted by molar-refractivity contribution is 0.583. The third kappa shape index (κ3) is 4.47. The fraction of sp³-hybridized carbons (Fsp3) is 0.636. The van der Waals surface area contributed by atoms with Crippen LogP contribution in [0.25, 0.3) is 0 Å². The predicted octanol–water partition coefficient (Wildman–Crippen LogP) is 4.30. The van der Waals surface area contributed by atoms with Crippen molar-refractivity contribution in [1.82, 2.24) is 5.32 Å². The Morgan fingerprint density at radius 1 is 1.53 bits per heavy atom. The summed E-state index contributed by atoms with van der Waals surface area (Å²) in [6.45, 7) is 5.52. The van der Waals surface area contributed by atoms with Gasteiger partial charge in [-0.15, -0.1) is 11.3 Å².